The Bertz CT molecular complexity index is 2400. The monoisotopic (exact) mass is 1290 g/mol. The van der Waals surface area contributed by atoms with Crippen molar-refractivity contribution in [3.63, 3.8) is 0 Å². The molecule has 10 rings (SSSR count). The molecule has 1 spiro atoms. The average molecular weight is 1290 g/mol. The first-order valence-electron chi connectivity index (χ1n) is 30.4. The third kappa shape index (κ3) is 12.5. The number of aliphatic hydroxyl groups is 20. The van der Waals surface area contributed by atoms with Gasteiger partial charge in [-0.15, -0.1) is 0 Å². The van der Waals surface area contributed by atoms with Gasteiger partial charge in [-0.2, -0.15) is 0 Å². The van der Waals surface area contributed by atoms with Gasteiger partial charge in [-0.25, -0.2) is 0 Å². The smallest absolute Gasteiger partial charge is 0.314 e. The Hall–Kier alpha value is -2.03. The molecule has 2 bridgehead atoms. The van der Waals surface area contributed by atoms with Gasteiger partial charge in [0.15, 0.2) is 31.5 Å². The maximum Gasteiger partial charge on any atom is 0.314 e. The lowest BCUT2D eigenvalue weighted by Gasteiger charge is -2.64. The lowest BCUT2D eigenvalue weighted by molar-refractivity contribution is -0.378. The fraction of sp³-hybridized carbons (Fsp3) is 0.946. The van der Waals surface area contributed by atoms with Crippen LogP contribution in [0.5, 0.6) is 0 Å². The summed E-state index contributed by atoms with van der Waals surface area (Å²) >= 11 is 0. The molecular weight excluding hydrogens is 1200 g/mol. The van der Waals surface area contributed by atoms with Crippen LogP contribution in [0.15, 0.2) is 12.2 Å². The van der Waals surface area contributed by atoms with E-state index in [4.69, 9.17) is 56.8 Å². The van der Waals surface area contributed by atoms with E-state index < -0.39 is 252 Å². The van der Waals surface area contributed by atoms with Crippen LogP contribution < -0.4 is 0 Å². The summed E-state index contributed by atoms with van der Waals surface area (Å²) in [6.07, 6.45) is -48.5. The molecule has 4 aliphatic carbocycles. The van der Waals surface area contributed by atoms with Crippen molar-refractivity contribution < 1.29 is 164 Å². The molecule has 0 aromatic rings. The normalized spacial score (nSPS) is 54.5. The summed E-state index contributed by atoms with van der Waals surface area (Å²) in [5.74, 6) is -1.09. The van der Waals surface area contributed by atoms with Gasteiger partial charge in [0, 0.05) is 0 Å². The third-order valence-electron chi connectivity index (χ3n) is 21.3. The van der Waals surface area contributed by atoms with E-state index in [2.05, 4.69) is 13.5 Å². The van der Waals surface area contributed by atoms with Gasteiger partial charge in [0.05, 0.1) is 50.7 Å². The zero-order valence-electron chi connectivity index (χ0n) is 49.0. The Morgan fingerprint density at radius 1 is 0.449 bits per heavy atom. The summed E-state index contributed by atoms with van der Waals surface area (Å²) in [7, 11) is 0. The highest BCUT2D eigenvalue weighted by atomic mass is 16.8. The molecular formula is C56H90O33. The molecule has 89 heavy (non-hydrogen) atoms. The quantitative estimate of drug-likeness (QED) is 0.0344. The van der Waals surface area contributed by atoms with Crippen LogP contribution in [0.2, 0.25) is 0 Å². The van der Waals surface area contributed by atoms with Gasteiger partial charge in [0.25, 0.3) is 0 Å². The molecule has 0 aromatic heterocycles. The average Bonchev–Trinajstić information content (AvgIpc) is 1.63. The molecule has 4 saturated carbocycles. The Morgan fingerprint density at radius 3 is 1.38 bits per heavy atom. The molecule has 33 heteroatoms. The molecule has 0 radical (unpaired) electrons. The summed E-state index contributed by atoms with van der Waals surface area (Å²) in [5, 5.41) is 213. The predicted molar refractivity (Wildman–Crippen MR) is 284 cm³/mol. The number of hydrogen-bond acceptors (Lipinski definition) is 33. The molecule has 20 N–H and O–H groups in total. The van der Waals surface area contributed by atoms with Gasteiger partial charge in [-0.3, -0.25) is 4.79 Å². The van der Waals surface area contributed by atoms with Crippen LogP contribution in [0.25, 0.3) is 0 Å². The molecule has 10 fully saturated rings. The summed E-state index contributed by atoms with van der Waals surface area (Å²) < 4.78 is 69.9. The molecule has 6 heterocycles. The van der Waals surface area contributed by atoms with Gasteiger partial charge in [-0.05, 0) is 86.5 Å². The van der Waals surface area contributed by atoms with Crippen molar-refractivity contribution in [2.24, 2.45) is 28.1 Å². The summed E-state index contributed by atoms with van der Waals surface area (Å²) in [5.41, 5.74) is -2.53. The zero-order valence-corrected chi connectivity index (χ0v) is 49.0. The van der Waals surface area contributed by atoms with E-state index in [9.17, 15) is 107 Å². The molecule has 6 aliphatic heterocycles. The number of carbonyl (C=O) groups is 1. The van der Waals surface area contributed by atoms with Crippen LogP contribution in [-0.2, 0) is 61.6 Å². The van der Waals surface area contributed by atoms with Crippen LogP contribution >= 0.6 is 0 Å². The second-order valence-corrected chi connectivity index (χ2v) is 26.5. The van der Waals surface area contributed by atoms with E-state index in [1.54, 1.807) is 6.92 Å². The maximum atomic E-state index is 14.8. The minimum absolute atomic E-state index is 0.0243. The number of hydrogen-bond donors (Lipinski definition) is 20. The summed E-state index contributed by atoms with van der Waals surface area (Å²) in [4.78, 5) is 14.8. The van der Waals surface area contributed by atoms with E-state index in [-0.39, 0.29) is 11.8 Å². The lowest BCUT2D eigenvalue weighted by Crippen LogP contribution is -2.66. The number of rotatable bonds is 18. The Morgan fingerprint density at radius 2 is 0.854 bits per heavy atom. The van der Waals surface area contributed by atoms with E-state index in [1.807, 2.05) is 0 Å². The van der Waals surface area contributed by atoms with Crippen molar-refractivity contribution in [1.29, 1.82) is 0 Å². The van der Waals surface area contributed by atoms with Crippen molar-refractivity contribution in [2.75, 3.05) is 39.6 Å². The number of aliphatic hydroxyl groups excluding tert-OH is 20. The van der Waals surface area contributed by atoms with E-state index >= 15 is 0 Å². The highest BCUT2D eigenvalue weighted by Gasteiger charge is 2.70. The Balaban J connectivity index is 0.766. The zero-order chi connectivity index (χ0) is 64.7. The lowest BCUT2D eigenvalue weighted by atomic mass is 9.41. The fourth-order valence-corrected chi connectivity index (χ4v) is 16.3. The van der Waals surface area contributed by atoms with Crippen LogP contribution in [0, 0.1) is 28.1 Å². The SMILES string of the molecule is C=C1C[C@@]23CCC4[C@](C)(C(=O)OC5OC(CO)C(OC6OC(COC7OC(COC8OC(CO)C(O)C(O)C8O)C(O)C(O)C7O)C(O)C(O)C6O)C(O)C5O)CCC[C@@]4(C)[C@@H]2CC[C@]1(OC1OC(CO)C(O)C(O)C1OC1OC(CO)C(O)C(O)C1O)C3. The first-order chi connectivity index (χ1) is 42.0. The third-order valence-corrected chi connectivity index (χ3v) is 21.3. The van der Waals surface area contributed by atoms with E-state index in [0.717, 1.165) is 0 Å². The molecule has 31 unspecified atom stereocenters. The Kier molecular flexibility index (Phi) is 21.4. The molecule has 0 amide bonds. The van der Waals surface area contributed by atoms with Crippen LogP contribution in [-0.4, -0.2) is 338 Å². The highest BCUT2D eigenvalue weighted by molar-refractivity contribution is 5.77. The number of fused-ring (bicyclic) bond motifs is 3. The molecule has 512 valence electrons. The Labute approximate surface area is 509 Å². The summed E-state index contributed by atoms with van der Waals surface area (Å²) in [6.45, 7) is 3.70. The number of esters is 1. The second kappa shape index (κ2) is 27.2. The van der Waals surface area contributed by atoms with Gasteiger partial charge in [0.2, 0.25) is 6.29 Å². The minimum Gasteiger partial charge on any atom is -0.432 e. The van der Waals surface area contributed by atoms with Crippen molar-refractivity contribution in [1.82, 2.24) is 0 Å². The first-order valence-corrected chi connectivity index (χ1v) is 30.4. The largest absolute Gasteiger partial charge is 0.432 e. The number of carbonyl (C=O) groups excluding carboxylic acids is 1. The van der Waals surface area contributed by atoms with Gasteiger partial charge in [0.1, 0.15) is 146 Å². The standard InChI is InChI=1S/C56H90O33/c1-19-11-55-9-5-26-53(2,27(55)6-10-56(19,18-55)89-51-45(37(70)30(63)22(14-59)82-51)87-48-41(74)34(67)29(62)21(13-58)81-48)7-4-8-54(26,3)52(77)88-50-43(76)38(71)44(23(15-60)83-50)86-49-42(75)36(69)32(65)25(85-49)17-79-47-40(73)35(68)31(64)24(84-47)16-78-46-39(72)33(66)28(61)20(12-57)80-46/h20-51,57-76H,1,4-18H2,2-3H3/t20?,21?,22?,23?,24?,25?,26?,27-,28?,29?,30?,31?,32?,33?,34?,35?,36?,37?,38?,39?,40?,41?,42?,43?,44?,45?,46?,47?,48?,49?,50?,51?,53+,54+,55+,56-/m0/s1. The van der Waals surface area contributed by atoms with Crippen molar-refractivity contribution in [3.05, 3.63) is 12.2 Å². The fourth-order valence-electron chi connectivity index (χ4n) is 16.3. The van der Waals surface area contributed by atoms with E-state index in [1.165, 1.54) is 0 Å². The van der Waals surface area contributed by atoms with Crippen molar-refractivity contribution in [3.8, 4) is 0 Å². The first kappa shape index (κ1) is 69.8. The topological polar surface area (TPSA) is 532 Å². The van der Waals surface area contributed by atoms with E-state index in [0.29, 0.717) is 63.4 Å². The predicted octanol–water partition coefficient (Wildman–Crippen LogP) is -9.47. The highest BCUT2D eigenvalue weighted by Crippen LogP contribution is 2.74. The second-order valence-electron chi connectivity index (χ2n) is 26.5. The van der Waals surface area contributed by atoms with Crippen LogP contribution in [0.3, 0.4) is 0 Å². The summed E-state index contributed by atoms with van der Waals surface area (Å²) in [6, 6.07) is 0. The minimum atomic E-state index is -2.07. The van der Waals surface area contributed by atoms with Gasteiger partial charge >= 0.3 is 5.97 Å². The number of ether oxygens (including phenoxy) is 12. The molecule has 36 atom stereocenters. The maximum absolute atomic E-state index is 14.8. The van der Waals surface area contributed by atoms with Gasteiger partial charge in [-0.1, -0.05) is 19.9 Å². The molecule has 6 saturated heterocycles. The van der Waals surface area contributed by atoms with Crippen molar-refractivity contribution >= 4 is 5.97 Å². The van der Waals surface area contributed by atoms with Crippen LogP contribution in [0.1, 0.15) is 71.6 Å². The van der Waals surface area contributed by atoms with Crippen LogP contribution in [0.4, 0.5) is 0 Å². The molecule has 0 aromatic carbocycles. The molecule has 10 aliphatic rings. The van der Waals surface area contributed by atoms with Gasteiger partial charge < -0.3 is 159 Å². The molecule has 33 nitrogen and oxygen atoms in total. The van der Waals surface area contributed by atoms with Crippen molar-refractivity contribution in [2.45, 2.75) is 261 Å².